The number of piperidine rings is 1. The average molecular weight is 666 g/mol. The van der Waals surface area contributed by atoms with E-state index in [9.17, 15) is 28.8 Å². The highest BCUT2D eigenvalue weighted by molar-refractivity contribution is 6.38. The molecular weight excluding hydrogens is 614 g/mol. The maximum Gasteiger partial charge on any atom is 0.332 e. The Bertz CT molecular complexity index is 1440. The lowest BCUT2D eigenvalue weighted by molar-refractivity contribution is -0.158. The molecule has 1 aliphatic heterocycles. The van der Waals surface area contributed by atoms with Crippen LogP contribution in [0.5, 0.6) is 0 Å². The fraction of sp³-hybridized carbons (Fsp3) is 0.667. The van der Waals surface area contributed by atoms with E-state index in [1.165, 1.54) is 4.90 Å². The van der Waals surface area contributed by atoms with Gasteiger partial charge in [0.1, 0.15) is 29.8 Å². The summed E-state index contributed by atoms with van der Waals surface area (Å²) in [6.07, 6.45) is 4.10. The molecule has 4 aliphatic rings. The summed E-state index contributed by atoms with van der Waals surface area (Å²) in [4.78, 5) is 81.5. The number of nitrogens with one attached hydrogen (secondary N) is 3. The molecule has 1 aromatic rings. The smallest absolute Gasteiger partial charge is 0.332 e. The second-order valence-corrected chi connectivity index (χ2v) is 15.9. The maximum absolute atomic E-state index is 14.4. The van der Waals surface area contributed by atoms with Gasteiger partial charge in [0, 0.05) is 6.54 Å². The molecule has 1 unspecified atom stereocenters. The molecule has 1 aromatic carbocycles. The van der Waals surface area contributed by atoms with Gasteiger partial charge in [0.2, 0.25) is 17.6 Å². The molecule has 5 rings (SSSR count). The molecule has 12 heteroatoms. The van der Waals surface area contributed by atoms with Gasteiger partial charge in [-0.1, -0.05) is 84.2 Å². The molecule has 3 saturated carbocycles. The zero-order chi connectivity index (χ0) is 35.2. The number of ketones is 1. The van der Waals surface area contributed by atoms with E-state index in [2.05, 4.69) is 16.0 Å². The molecule has 1 heterocycles. The number of likely N-dealkylation sites (tertiary alicyclic amines) is 1. The van der Waals surface area contributed by atoms with Crippen molar-refractivity contribution >= 4 is 35.5 Å². The molecule has 1 saturated heterocycles. The van der Waals surface area contributed by atoms with Gasteiger partial charge < -0.3 is 31.3 Å². The van der Waals surface area contributed by atoms with Crippen LogP contribution < -0.4 is 21.7 Å². The molecule has 0 bridgehead atoms. The lowest BCUT2D eigenvalue weighted by Gasteiger charge is -2.40. The van der Waals surface area contributed by atoms with Crippen LogP contribution in [0, 0.1) is 28.6 Å². The normalized spacial score (nSPS) is 25.8. The molecule has 5 N–H and O–H groups in total. The van der Waals surface area contributed by atoms with Crippen LogP contribution in [0.15, 0.2) is 30.3 Å². The van der Waals surface area contributed by atoms with Gasteiger partial charge in [-0.3, -0.25) is 19.2 Å². The first-order valence-corrected chi connectivity index (χ1v) is 17.3. The van der Waals surface area contributed by atoms with E-state index >= 15 is 0 Å². The van der Waals surface area contributed by atoms with Crippen molar-refractivity contribution in [3.05, 3.63) is 35.9 Å². The van der Waals surface area contributed by atoms with Crippen LogP contribution >= 0.6 is 0 Å². The van der Waals surface area contributed by atoms with Crippen LogP contribution in [-0.2, 0) is 28.7 Å². The highest BCUT2D eigenvalue weighted by atomic mass is 16.5. The summed E-state index contributed by atoms with van der Waals surface area (Å²) in [5.41, 5.74) is 3.91. The van der Waals surface area contributed by atoms with Crippen LogP contribution in [0.1, 0.15) is 98.2 Å². The molecular formula is C36H51N5O7. The third-order valence-corrected chi connectivity index (χ3v) is 11.1. The third-order valence-electron chi connectivity index (χ3n) is 11.1. The molecule has 48 heavy (non-hydrogen) atoms. The summed E-state index contributed by atoms with van der Waals surface area (Å²) in [5.74, 6) is -3.63. The second kappa shape index (κ2) is 13.2. The molecule has 5 amide bonds. The van der Waals surface area contributed by atoms with Gasteiger partial charge in [-0.2, -0.15) is 0 Å². The number of hydrogen-bond acceptors (Lipinski definition) is 7. The Labute approximate surface area is 282 Å². The standard InChI is InChI=1S/C36H51N5O7/c1-20(21-13-9-7-10-14-21)48-32(46)36(17-11-8-12-18-36)40-33(47)39-28(34(2,3)4)31(45)41-19-23-24(35(23,5)6)26(41)30(44)38-25(22-15-16-22)27(42)29(37)43/h7,9-10,13-14,20,22-26,28H,8,11-12,15-19H2,1-6H3,(H2,37,43)(H,38,44)(H2,39,40,47)/t20-,23-,24-,25?,26-,28+/m0/s1. The van der Waals surface area contributed by atoms with E-state index in [1.807, 2.05) is 65.0 Å². The molecule has 262 valence electrons. The number of urea groups is 1. The number of primary amides is 1. The number of ether oxygens (including phenoxy) is 1. The van der Waals surface area contributed by atoms with Crippen LogP contribution in [0.3, 0.4) is 0 Å². The first-order chi connectivity index (χ1) is 22.5. The van der Waals surface area contributed by atoms with Gasteiger partial charge in [-0.25, -0.2) is 9.59 Å². The van der Waals surface area contributed by atoms with Gasteiger partial charge in [0.15, 0.2) is 0 Å². The number of nitrogens with two attached hydrogens (primary N) is 1. The minimum Gasteiger partial charge on any atom is -0.456 e. The second-order valence-electron chi connectivity index (χ2n) is 15.9. The number of hydrogen-bond donors (Lipinski definition) is 4. The number of amides is 5. The topological polar surface area (TPSA) is 177 Å². The predicted octanol–water partition coefficient (Wildman–Crippen LogP) is 3.14. The molecule has 0 radical (unpaired) electrons. The van der Waals surface area contributed by atoms with Gasteiger partial charge >= 0.3 is 12.0 Å². The van der Waals surface area contributed by atoms with Gasteiger partial charge in [0.25, 0.3) is 5.91 Å². The Balaban J connectivity index is 1.33. The maximum atomic E-state index is 14.4. The van der Waals surface area contributed by atoms with Crippen molar-refractivity contribution in [1.29, 1.82) is 0 Å². The number of benzene rings is 1. The molecule has 12 nitrogen and oxygen atoms in total. The number of carbonyl (C=O) groups is 6. The van der Waals surface area contributed by atoms with Gasteiger partial charge in [-0.05, 0) is 66.8 Å². The lowest BCUT2D eigenvalue weighted by Crippen LogP contribution is -2.64. The van der Waals surface area contributed by atoms with E-state index in [1.54, 1.807) is 6.92 Å². The molecule has 0 aromatic heterocycles. The average Bonchev–Trinajstić information content (AvgIpc) is 3.91. The largest absolute Gasteiger partial charge is 0.456 e. The summed E-state index contributed by atoms with van der Waals surface area (Å²) in [7, 11) is 0. The Hall–Kier alpha value is -3.96. The Kier molecular flexibility index (Phi) is 9.69. The van der Waals surface area contributed by atoms with Crippen molar-refractivity contribution in [1.82, 2.24) is 20.9 Å². The Morgan fingerprint density at radius 2 is 1.58 bits per heavy atom. The van der Waals surface area contributed by atoms with Gasteiger partial charge in [0.05, 0.1) is 0 Å². The first kappa shape index (κ1) is 35.3. The number of carbonyl (C=O) groups excluding carboxylic acids is 6. The lowest BCUT2D eigenvalue weighted by atomic mass is 9.81. The first-order valence-electron chi connectivity index (χ1n) is 17.3. The van der Waals surface area contributed by atoms with Crippen LogP contribution in [0.25, 0.3) is 0 Å². The molecule has 3 aliphatic carbocycles. The van der Waals surface area contributed by atoms with Crippen LogP contribution in [-0.4, -0.2) is 70.6 Å². The third kappa shape index (κ3) is 7.08. The summed E-state index contributed by atoms with van der Waals surface area (Å²) < 4.78 is 5.89. The molecule has 6 atom stereocenters. The van der Waals surface area contributed by atoms with Crippen molar-refractivity contribution in [2.45, 2.75) is 116 Å². The summed E-state index contributed by atoms with van der Waals surface area (Å²) in [6.45, 7) is 11.7. The van der Waals surface area contributed by atoms with Crippen molar-refractivity contribution in [3.8, 4) is 0 Å². The highest BCUT2D eigenvalue weighted by Crippen LogP contribution is 2.65. The number of nitrogens with zero attached hydrogens (tertiary/aromatic N) is 1. The number of Topliss-reactive ketones (excluding diaryl/α,β-unsaturated/α-hetero) is 1. The highest BCUT2D eigenvalue weighted by Gasteiger charge is 2.70. The quantitative estimate of drug-likeness (QED) is 0.207. The predicted molar refractivity (Wildman–Crippen MR) is 177 cm³/mol. The Morgan fingerprint density at radius 3 is 2.15 bits per heavy atom. The fourth-order valence-electron chi connectivity index (χ4n) is 7.83. The fourth-order valence-corrected chi connectivity index (χ4v) is 7.83. The van der Waals surface area contributed by atoms with Crippen molar-refractivity contribution < 1.29 is 33.5 Å². The number of fused-ring (bicyclic) bond motifs is 1. The van der Waals surface area contributed by atoms with Crippen LogP contribution in [0.2, 0.25) is 0 Å². The number of esters is 1. The van der Waals surface area contributed by atoms with E-state index < -0.39 is 70.7 Å². The molecule has 0 spiro atoms. The minimum absolute atomic E-state index is 0.0599. The van der Waals surface area contributed by atoms with Crippen molar-refractivity contribution in [2.24, 2.45) is 34.3 Å². The monoisotopic (exact) mass is 665 g/mol. The zero-order valence-electron chi connectivity index (χ0n) is 29.0. The Morgan fingerprint density at radius 1 is 0.958 bits per heavy atom. The van der Waals surface area contributed by atoms with Crippen molar-refractivity contribution in [3.63, 3.8) is 0 Å². The summed E-state index contributed by atoms with van der Waals surface area (Å²) in [5, 5.41) is 8.54. The van der Waals surface area contributed by atoms with E-state index in [0.29, 0.717) is 32.2 Å². The summed E-state index contributed by atoms with van der Waals surface area (Å²) in [6, 6.07) is 5.77. The van der Waals surface area contributed by atoms with Gasteiger partial charge in [-0.15, -0.1) is 0 Å². The van der Waals surface area contributed by atoms with E-state index in [4.69, 9.17) is 10.5 Å². The van der Waals surface area contributed by atoms with E-state index in [0.717, 1.165) is 24.8 Å². The van der Waals surface area contributed by atoms with Crippen LogP contribution in [0.4, 0.5) is 4.79 Å². The number of rotatable bonds is 11. The summed E-state index contributed by atoms with van der Waals surface area (Å²) >= 11 is 0. The zero-order valence-corrected chi connectivity index (χ0v) is 29.0. The molecule has 4 fully saturated rings. The van der Waals surface area contributed by atoms with E-state index in [-0.39, 0.29) is 23.2 Å². The van der Waals surface area contributed by atoms with Crippen molar-refractivity contribution in [2.75, 3.05) is 6.54 Å². The minimum atomic E-state index is -1.25. The SMILES string of the molecule is C[C@H](OC(=O)C1(NC(=O)N[C@H](C(=O)N2C[C@H]3[C@@H]([C@H]2C(=O)NC(C(=O)C(N)=O)C2CC2)C3(C)C)C(C)(C)C)CCCCC1)c1ccccc1.